The number of aryl methyl sites for hydroxylation is 1. The van der Waals surface area contributed by atoms with Crippen LogP contribution in [0.1, 0.15) is 50.0 Å². The number of methoxy groups -OCH3 is 1. The normalized spacial score (nSPS) is 18.0. The average molecular weight is 343 g/mol. The lowest BCUT2D eigenvalue weighted by Gasteiger charge is -2.30. The van der Waals surface area contributed by atoms with Crippen LogP contribution in [0.3, 0.4) is 0 Å². The van der Waals surface area contributed by atoms with Gasteiger partial charge in [0.2, 0.25) is 5.91 Å². The second-order valence-electron chi connectivity index (χ2n) is 6.33. The molecule has 0 N–H and O–H groups in total. The second kappa shape index (κ2) is 8.09. The Morgan fingerprint density at radius 3 is 2.76 bits per heavy atom. The molecule has 7 heteroatoms. The first kappa shape index (κ1) is 17.4. The van der Waals surface area contributed by atoms with Crippen LogP contribution in [0.2, 0.25) is 0 Å². The van der Waals surface area contributed by atoms with Gasteiger partial charge in [0.05, 0.1) is 13.2 Å². The molecule has 7 nitrogen and oxygen atoms in total. The van der Waals surface area contributed by atoms with E-state index in [2.05, 4.69) is 27.7 Å². The predicted octanol–water partition coefficient (Wildman–Crippen LogP) is 2.39. The molecule has 1 aromatic heterocycles. The molecule has 25 heavy (non-hydrogen) atoms. The maximum Gasteiger partial charge on any atom is 0.244 e. The maximum atomic E-state index is 13.0. The van der Waals surface area contributed by atoms with Crippen molar-refractivity contribution in [3.8, 4) is 5.75 Å². The molecule has 0 spiro atoms. The molecule has 1 amide bonds. The van der Waals surface area contributed by atoms with Gasteiger partial charge in [-0.05, 0) is 41.0 Å². The molecule has 1 aromatic carbocycles. The van der Waals surface area contributed by atoms with E-state index in [0.717, 1.165) is 49.4 Å². The number of nitrogens with zero attached hydrogens (tertiary/aromatic N) is 5. The Morgan fingerprint density at radius 2 is 2.04 bits per heavy atom. The van der Waals surface area contributed by atoms with Crippen LogP contribution in [0, 0.1) is 0 Å². The van der Waals surface area contributed by atoms with Crippen molar-refractivity contribution in [3.05, 3.63) is 35.7 Å². The lowest BCUT2D eigenvalue weighted by Crippen LogP contribution is -2.37. The minimum atomic E-state index is 0.0738. The highest BCUT2D eigenvalue weighted by atomic mass is 16.5. The fourth-order valence-electron chi connectivity index (χ4n) is 3.40. The van der Waals surface area contributed by atoms with Gasteiger partial charge in [-0.15, -0.1) is 5.10 Å². The van der Waals surface area contributed by atoms with Crippen molar-refractivity contribution >= 4 is 5.91 Å². The molecule has 1 aliphatic rings. The summed E-state index contributed by atoms with van der Waals surface area (Å²) in [7, 11) is 1.66. The van der Waals surface area contributed by atoms with E-state index < -0.39 is 0 Å². The molecule has 1 fully saturated rings. The average Bonchev–Trinajstić information content (AvgIpc) is 2.94. The maximum absolute atomic E-state index is 13.0. The summed E-state index contributed by atoms with van der Waals surface area (Å²) in [4.78, 5) is 15.0. The van der Waals surface area contributed by atoms with Crippen LogP contribution in [0.25, 0.3) is 0 Å². The van der Waals surface area contributed by atoms with Crippen molar-refractivity contribution in [1.29, 1.82) is 0 Å². The van der Waals surface area contributed by atoms with Crippen LogP contribution in [0.5, 0.6) is 5.75 Å². The topological polar surface area (TPSA) is 73.1 Å². The molecule has 0 aliphatic carbocycles. The number of rotatable bonds is 5. The van der Waals surface area contributed by atoms with Crippen LogP contribution < -0.4 is 4.74 Å². The summed E-state index contributed by atoms with van der Waals surface area (Å²) in [6.45, 7) is 2.96. The first-order valence-electron chi connectivity index (χ1n) is 8.91. The van der Waals surface area contributed by atoms with Crippen molar-refractivity contribution < 1.29 is 9.53 Å². The fraction of sp³-hybridized carbons (Fsp3) is 0.556. The molecule has 0 saturated carbocycles. The van der Waals surface area contributed by atoms with Gasteiger partial charge in [0.1, 0.15) is 12.3 Å². The van der Waals surface area contributed by atoms with Gasteiger partial charge in [0.25, 0.3) is 0 Å². The number of hydrogen-bond donors (Lipinski definition) is 0. The molecule has 0 radical (unpaired) electrons. The Bertz CT molecular complexity index is 698. The minimum Gasteiger partial charge on any atom is -0.497 e. The molecule has 1 aliphatic heterocycles. The van der Waals surface area contributed by atoms with Crippen molar-refractivity contribution in [1.82, 2.24) is 25.1 Å². The lowest BCUT2D eigenvalue weighted by atomic mass is 10.0. The van der Waals surface area contributed by atoms with Crippen LogP contribution in [0.4, 0.5) is 0 Å². The van der Waals surface area contributed by atoms with E-state index in [1.54, 1.807) is 11.8 Å². The number of amides is 1. The van der Waals surface area contributed by atoms with Gasteiger partial charge in [-0.2, -0.15) is 0 Å². The third-order valence-corrected chi connectivity index (χ3v) is 4.78. The first-order chi connectivity index (χ1) is 12.2. The monoisotopic (exact) mass is 343 g/mol. The van der Waals surface area contributed by atoms with E-state index in [9.17, 15) is 4.79 Å². The largest absolute Gasteiger partial charge is 0.497 e. The summed E-state index contributed by atoms with van der Waals surface area (Å²) in [6.07, 6.45) is 5.01. The molecule has 134 valence electrons. The zero-order chi connectivity index (χ0) is 17.6. The Kier molecular flexibility index (Phi) is 5.63. The van der Waals surface area contributed by atoms with Crippen molar-refractivity contribution in [2.75, 3.05) is 13.7 Å². The summed E-state index contributed by atoms with van der Waals surface area (Å²) in [5.74, 6) is 1.64. The van der Waals surface area contributed by atoms with Crippen LogP contribution in [0.15, 0.2) is 24.3 Å². The standard InChI is InChI=1S/C18H25N5O2/c1-3-17-19-20-21-23(17)13-18(24)22-12-6-4-5-7-16(22)14-8-10-15(25-2)11-9-14/h8-11,16H,3-7,12-13H2,1-2H3/t16-/m0/s1. The molecule has 1 saturated heterocycles. The van der Waals surface area contributed by atoms with E-state index >= 15 is 0 Å². The smallest absolute Gasteiger partial charge is 0.244 e. The van der Waals surface area contributed by atoms with Gasteiger partial charge in [-0.25, -0.2) is 4.68 Å². The zero-order valence-corrected chi connectivity index (χ0v) is 14.9. The number of ether oxygens (including phenoxy) is 1. The number of aromatic nitrogens is 4. The Morgan fingerprint density at radius 1 is 1.24 bits per heavy atom. The minimum absolute atomic E-state index is 0.0738. The highest BCUT2D eigenvalue weighted by molar-refractivity contribution is 5.76. The van der Waals surface area contributed by atoms with E-state index in [1.807, 2.05) is 24.0 Å². The molecule has 2 heterocycles. The molecule has 0 bridgehead atoms. The van der Waals surface area contributed by atoms with E-state index in [4.69, 9.17) is 4.74 Å². The Labute approximate surface area is 148 Å². The summed E-state index contributed by atoms with van der Waals surface area (Å²) >= 11 is 0. The Balaban J connectivity index is 1.80. The van der Waals surface area contributed by atoms with E-state index in [-0.39, 0.29) is 18.5 Å². The highest BCUT2D eigenvalue weighted by Crippen LogP contribution is 2.31. The van der Waals surface area contributed by atoms with Gasteiger partial charge in [0.15, 0.2) is 5.82 Å². The summed E-state index contributed by atoms with van der Waals surface area (Å²) in [5, 5.41) is 11.6. The number of carbonyl (C=O) groups is 1. The highest BCUT2D eigenvalue weighted by Gasteiger charge is 2.27. The zero-order valence-electron chi connectivity index (χ0n) is 14.9. The fourth-order valence-corrected chi connectivity index (χ4v) is 3.40. The SMILES string of the molecule is CCc1nnnn1CC(=O)N1CCCCC[C@H]1c1ccc(OC)cc1. The van der Waals surface area contributed by atoms with Gasteiger partial charge >= 0.3 is 0 Å². The van der Waals surface area contributed by atoms with Gasteiger partial charge < -0.3 is 9.64 Å². The van der Waals surface area contributed by atoms with Gasteiger partial charge in [0, 0.05) is 13.0 Å². The number of hydrogen-bond acceptors (Lipinski definition) is 5. The van der Waals surface area contributed by atoms with Crippen molar-refractivity contribution in [3.63, 3.8) is 0 Å². The van der Waals surface area contributed by atoms with Gasteiger partial charge in [-0.1, -0.05) is 31.9 Å². The van der Waals surface area contributed by atoms with Crippen LogP contribution in [-0.2, 0) is 17.8 Å². The van der Waals surface area contributed by atoms with Gasteiger partial charge in [-0.3, -0.25) is 4.79 Å². The summed E-state index contributed by atoms with van der Waals surface area (Å²) in [6, 6.07) is 8.13. The predicted molar refractivity (Wildman–Crippen MR) is 93.1 cm³/mol. The summed E-state index contributed by atoms with van der Waals surface area (Å²) < 4.78 is 6.85. The molecule has 2 aromatic rings. The third-order valence-electron chi connectivity index (χ3n) is 4.78. The molecular weight excluding hydrogens is 318 g/mol. The van der Waals surface area contributed by atoms with E-state index in [0.29, 0.717) is 6.42 Å². The van der Waals surface area contributed by atoms with Crippen LogP contribution in [-0.4, -0.2) is 44.7 Å². The number of tetrazole rings is 1. The first-order valence-corrected chi connectivity index (χ1v) is 8.91. The van der Waals surface area contributed by atoms with Crippen LogP contribution >= 0.6 is 0 Å². The van der Waals surface area contributed by atoms with E-state index in [1.165, 1.54) is 0 Å². The number of benzene rings is 1. The lowest BCUT2D eigenvalue weighted by molar-refractivity contribution is -0.134. The Hall–Kier alpha value is -2.44. The summed E-state index contributed by atoms with van der Waals surface area (Å²) in [5.41, 5.74) is 1.16. The molecular formula is C18H25N5O2. The quantitative estimate of drug-likeness (QED) is 0.833. The molecule has 0 unspecified atom stereocenters. The molecule has 1 atom stereocenters. The van der Waals surface area contributed by atoms with Crippen molar-refractivity contribution in [2.24, 2.45) is 0 Å². The number of carbonyl (C=O) groups excluding carboxylic acids is 1. The third kappa shape index (κ3) is 3.97. The second-order valence-corrected chi connectivity index (χ2v) is 6.33. The molecule has 3 rings (SSSR count). The van der Waals surface area contributed by atoms with Crippen molar-refractivity contribution in [2.45, 2.75) is 51.6 Å². The number of likely N-dealkylation sites (tertiary alicyclic amines) is 1.